The van der Waals surface area contributed by atoms with Crippen molar-refractivity contribution in [2.24, 2.45) is 4.99 Å². The van der Waals surface area contributed by atoms with Crippen LogP contribution in [-0.4, -0.2) is 25.3 Å². The van der Waals surface area contributed by atoms with Gasteiger partial charge in [-0.2, -0.15) is 0 Å². The van der Waals surface area contributed by atoms with Crippen LogP contribution < -0.4 is 0 Å². The van der Waals surface area contributed by atoms with Gasteiger partial charge in [0.1, 0.15) is 0 Å². The van der Waals surface area contributed by atoms with Crippen LogP contribution in [0.4, 0.5) is 0 Å². The number of hydrogen-bond donors (Lipinski definition) is 0. The molecule has 0 saturated carbocycles. The molecule has 104 valence electrons. The third-order valence-electron chi connectivity index (χ3n) is 1.95. The minimum atomic E-state index is -1.62. The summed E-state index contributed by atoms with van der Waals surface area (Å²) in [7, 11) is -0.482. The summed E-state index contributed by atoms with van der Waals surface area (Å²) < 4.78 is 6.08. The normalized spacial score (nSPS) is 14.1. The number of rotatable bonds is 4. The van der Waals surface area contributed by atoms with E-state index in [0.717, 1.165) is 19.4 Å². The first-order valence-corrected chi connectivity index (χ1v) is 10.8. The van der Waals surface area contributed by atoms with E-state index in [1.165, 1.54) is 0 Å². The van der Waals surface area contributed by atoms with Crippen LogP contribution in [-0.2, 0) is 4.43 Å². The van der Waals surface area contributed by atoms with E-state index >= 15 is 0 Å². The van der Waals surface area contributed by atoms with E-state index in [1.807, 2.05) is 36.5 Å². The lowest BCUT2D eigenvalue weighted by molar-refractivity contribution is 0.557. The van der Waals surface area contributed by atoms with E-state index < -0.39 is 8.32 Å². The zero-order valence-corrected chi connectivity index (χ0v) is 14.7. The fraction of sp³-hybridized carbons (Fsp3) is 0.467. The number of nitrogens with zero attached hydrogens (tertiary/aromatic N) is 1. The lowest BCUT2D eigenvalue weighted by atomic mass is 10.2. The van der Waals surface area contributed by atoms with Crippen molar-refractivity contribution in [2.75, 3.05) is 0 Å². The zero-order valence-electron chi connectivity index (χ0n) is 12.8. The van der Waals surface area contributed by atoms with Gasteiger partial charge in [0.05, 0.1) is 0 Å². The molecule has 0 atom stereocenters. The highest BCUT2D eigenvalue weighted by Crippen LogP contribution is 2.25. The second-order valence-electron chi connectivity index (χ2n) is 6.45. The molecule has 0 aliphatic carbocycles. The molecule has 0 bridgehead atoms. The quantitative estimate of drug-likeness (QED) is 0.444. The van der Waals surface area contributed by atoms with Crippen LogP contribution in [0.5, 0.6) is 0 Å². The molecular formula is C15H24NOPSi. The highest BCUT2D eigenvalue weighted by molar-refractivity contribution is 7.42. The van der Waals surface area contributed by atoms with Gasteiger partial charge in [0, 0.05) is 11.4 Å². The van der Waals surface area contributed by atoms with Crippen LogP contribution in [0.3, 0.4) is 0 Å². The summed E-state index contributed by atoms with van der Waals surface area (Å²) in [6, 6.07) is 10.1. The lowest BCUT2D eigenvalue weighted by Gasteiger charge is -2.19. The van der Waals surface area contributed by atoms with E-state index in [2.05, 4.69) is 45.4 Å². The van der Waals surface area contributed by atoms with E-state index in [4.69, 9.17) is 4.43 Å². The van der Waals surface area contributed by atoms with Gasteiger partial charge in [-0.25, -0.2) is 4.99 Å². The Morgan fingerprint density at radius 1 is 1.16 bits per heavy atom. The highest BCUT2D eigenvalue weighted by Gasteiger charge is 2.19. The van der Waals surface area contributed by atoms with Crippen LogP contribution in [0.2, 0.25) is 19.6 Å². The molecule has 0 aliphatic rings. The molecule has 0 aliphatic heterocycles. The molecular weight excluding hydrogens is 269 g/mol. The molecule has 0 amide bonds. The van der Waals surface area contributed by atoms with Crippen molar-refractivity contribution in [2.45, 2.75) is 45.6 Å². The average molecular weight is 293 g/mol. The van der Waals surface area contributed by atoms with Crippen molar-refractivity contribution in [1.29, 1.82) is 0 Å². The zero-order chi connectivity index (χ0) is 14.5. The van der Waals surface area contributed by atoms with E-state index in [1.54, 1.807) is 0 Å². The Hall–Kier alpha value is -0.763. The van der Waals surface area contributed by atoms with Crippen molar-refractivity contribution in [1.82, 2.24) is 0 Å². The fourth-order valence-corrected chi connectivity index (χ4v) is 3.60. The molecule has 1 aromatic rings. The molecule has 0 heterocycles. The maximum atomic E-state index is 6.08. The predicted octanol–water partition coefficient (Wildman–Crippen LogP) is 4.79. The average Bonchev–Trinajstić information content (AvgIpc) is 2.23. The molecule has 0 fully saturated rings. The van der Waals surface area contributed by atoms with Crippen molar-refractivity contribution in [3.8, 4) is 0 Å². The van der Waals surface area contributed by atoms with Crippen LogP contribution in [0.1, 0.15) is 26.3 Å². The van der Waals surface area contributed by atoms with Gasteiger partial charge in [-0.05, 0) is 33.4 Å². The summed E-state index contributed by atoms with van der Waals surface area (Å²) in [6.45, 7) is 13.1. The lowest BCUT2D eigenvalue weighted by Crippen LogP contribution is -2.28. The summed E-state index contributed by atoms with van der Waals surface area (Å²) in [5, 5.41) is 0.156. The number of aliphatic imine (C=N–C) groups is 1. The molecule has 0 aromatic heterocycles. The Balaban J connectivity index is 2.93. The number of hydrogen-bond acceptors (Lipinski definition) is 1. The first-order valence-electron chi connectivity index (χ1n) is 6.54. The van der Waals surface area contributed by atoms with Gasteiger partial charge in [0.25, 0.3) is 0 Å². The SMILES string of the molecule is CC(C)(C)P=C(/N=C/c1ccccc1)O[Si](C)(C)C. The van der Waals surface area contributed by atoms with E-state index in [0.29, 0.717) is 0 Å². The van der Waals surface area contributed by atoms with Crippen LogP contribution in [0, 0.1) is 0 Å². The third kappa shape index (κ3) is 8.09. The molecule has 4 heteroatoms. The van der Waals surface area contributed by atoms with Crippen LogP contribution >= 0.6 is 8.20 Å². The standard InChI is InChI=1S/C15H24NOPSi/c1-15(2,3)18-14(17-19(4,5)6)16-12-13-10-8-7-9-11-13/h7-12H,1-6H3/b16-12+. The molecule has 0 unspecified atom stereocenters. The molecule has 0 radical (unpaired) electrons. The molecule has 19 heavy (non-hydrogen) atoms. The first kappa shape index (κ1) is 16.3. The molecule has 2 nitrogen and oxygen atoms in total. The van der Waals surface area contributed by atoms with Gasteiger partial charge in [-0.3, -0.25) is 0 Å². The smallest absolute Gasteiger partial charge is 0.194 e. The van der Waals surface area contributed by atoms with E-state index in [-0.39, 0.29) is 5.16 Å². The van der Waals surface area contributed by atoms with Gasteiger partial charge < -0.3 is 4.43 Å². The fourth-order valence-electron chi connectivity index (χ4n) is 1.31. The topological polar surface area (TPSA) is 21.6 Å². The summed E-state index contributed by atoms with van der Waals surface area (Å²) in [4.78, 5) is 4.56. The van der Waals surface area contributed by atoms with Gasteiger partial charge in [-0.15, -0.1) is 0 Å². The highest BCUT2D eigenvalue weighted by atomic mass is 31.1. The molecule has 1 rings (SSSR count). The Kier molecular flexibility index (Phi) is 5.66. The summed E-state index contributed by atoms with van der Waals surface area (Å²) in [6.07, 6.45) is 1.88. The van der Waals surface area contributed by atoms with Crippen molar-refractivity contribution >= 4 is 28.3 Å². The van der Waals surface area contributed by atoms with Crippen molar-refractivity contribution in [3.05, 3.63) is 35.9 Å². The maximum Gasteiger partial charge on any atom is 0.194 e. The maximum absolute atomic E-state index is 6.08. The number of benzene rings is 1. The first-order chi connectivity index (χ1) is 8.66. The Morgan fingerprint density at radius 3 is 2.21 bits per heavy atom. The van der Waals surface area contributed by atoms with Crippen LogP contribution in [0.25, 0.3) is 0 Å². The van der Waals surface area contributed by atoms with Gasteiger partial charge in [0.2, 0.25) is 0 Å². The van der Waals surface area contributed by atoms with Gasteiger partial charge in [-0.1, -0.05) is 51.1 Å². The third-order valence-corrected chi connectivity index (χ3v) is 4.00. The Morgan fingerprint density at radius 2 is 1.74 bits per heavy atom. The second-order valence-corrected chi connectivity index (χ2v) is 12.8. The monoisotopic (exact) mass is 293 g/mol. The summed E-state index contributed by atoms with van der Waals surface area (Å²) >= 11 is 0. The Bertz CT molecular complexity index is 455. The van der Waals surface area contributed by atoms with Gasteiger partial charge in [0.15, 0.2) is 13.9 Å². The molecule has 0 spiro atoms. The van der Waals surface area contributed by atoms with Crippen molar-refractivity contribution < 1.29 is 4.43 Å². The molecule has 0 saturated heterocycles. The summed E-state index contributed by atoms with van der Waals surface area (Å²) in [5.74, 6) is 0. The van der Waals surface area contributed by atoms with Crippen molar-refractivity contribution in [3.63, 3.8) is 0 Å². The van der Waals surface area contributed by atoms with Crippen LogP contribution in [0.15, 0.2) is 35.3 Å². The van der Waals surface area contributed by atoms with E-state index in [9.17, 15) is 0 Å². The molecule has 0 N–H and O–H groups in total. The largest absolute Gasteiger partial charge is 0.368 e. The van der Waals surface area contributed by atoms with Gasteiger partial charge >= 0.3 is 0 Å². The second kappa shape index (κ2) is 6.60. The predicted molar refractivity (Wildman–Crippen MR) is 90.1 cm³/mol. The minimum Gasteiger partial charge on any atom is -0.368 e. The molecule has 1 aromatic carbocycles. The summed E-state index contributed by atoms with van der Waals surface area (Å²) in [5.41, 5.74) is 1.93. The Labute approximate surface area is 119 Å². The minimum absolute atomic E-state index is 0.156.